The maximum Gasteiger partial charge on any atom is 0.255 e. The molecule has 0 saturated heterocycles. The van der Waals surface area contributed by atoms with Crippen LogP contribution in [-0.4, -0.2) is 18.0 Å². The van der Waals surface area contributed by atoms with Crippen molar-refractivity contribution in [3.05, 3.63) is 77.2 Å². The van der Waals surface area contributed by atoms with E-state index in [-0.39, 0.29) is 10.9 Å². The first-order valence-corrected chi connectivity index (χ1v) is 8.06. The molecule has 0 saturated carbocycles. The highest BCUT2D eigenvalue weighted by Crippen LogP contribution is 2.23. The van der Waals surface area contributed by atoms with Gasteiger partial charge in [0.25, 0.3) is 5.91 Å². The molecule has 7 heteroatoms. The molecule has 1 heterocycles. The number of benzene rings is 2. The van der Waals surface area contributed by atoms with Crippen LogP contribution in [0.2, 0.25) is 5.02 Å². The van der Waals surface area contributed by atoms with Crippen LogP contribution in [0.3, 0.4) is 0 Å². The van der Waals surface area contributed by atoms with Crippen LogP contribution in [0.1, 0.15) is 10.4 Å². The Morgan fingerprint density at radius 1 is 1.12 bits per heavy atom. The summed E-state index contributed by atoms with van der Waals surface area (Å²) in [6, 6.07) is 14.5. The number of carbonyl (C=O) groups is 1. The second-order valence-electron chi connectivity index (χ2n) is 5.37. The van der Waals surface area contributed by atoms with Gasteiger partial charge in [0.1, 0.15) is 17.4 Å². The Morgan fingerprint density at radius 2 is 1.96 bits per heavy atom. The van der Waals surface area contributed by atoms with Gasteiger partial charge in [-0.3, -0.25) is 4.79 Å². The second kappa shape index (κ2) is 7.84. The smallest absolute Gasteiger partial charge is 0.255 e. The first-order valence-electron chi connectivity index (χ1n) is 7.69. The highest BCUT2D eigenvalue weighted by atomic mass is 35.5. The maximum atomic E-state index is 13.2. The van der Waals surface area contributed by atoms with E-state index < -0.39 is 5.82 Å². The number of hydrogen-bond donors (Lipinski definition) is 2. The summed E-state index contributed by atoms with van der Waals surface area (Å²) in [7, 11) is 1.56. The molecular weight excluding hydrogens is 357 g/mol. The molecule has 0 aliphatic carbocycles. The summed E-state index contributed by atoms with van der Waals surface area (Å²) in [6.07, 6.45) is 1.51. The van der Waals surface area contributed by atoms with Gasteiger partial charge < -0.3 is 15.4 Å². The topological polar surface area (TPSA) is 63.2 Å². The highest BCUT2D eigenvalue weighted by molar-refractivity contribution is 6.31. The van der Waals surface area contributed by atoms with Gasteiger partial charge in [0.05, 0.1) is 12.1 Å². The summed E-state index contributed by atoms with van der Waals surface area (Å²) in [5.41, 5.74) is 1.60. The maximum absolute atomic E-state index is 13.2. The molecule has 26 heavy (non-hydrogen) atoms. The van der Waals surface area contributed by atoms with Gasteiger partial charge in [-0.1, -0.05) is 17.7 Å². The molecule has 3 rings (SSSR count). The monoisotopic (exact) mass is 371 g/mol. The highest BCUT2D eigenvalue weighted by Gasteiger charge is 2.09. The van der Waals surface area contributed by atoms with Gasteiger partial charge in [0, 0.05) is 29.2 Å². The molecular formula is C19H15ClFN3O2. The fourth-order valence-corrected chi connectivity index (χ4v) is 2.45. The fourth-order valence-electron chi connectivity index (χ4n) is 2.27. The van der Waals surface area contributed by atoms with Crippen molar-refractivity contribution in [1.29, 1.82) is 0 Å². The number of hydrogen-bond acceptors (Lipinski definition) is 4. The lowest BCUT2D eigenvalue weighted by Crippen LogP contribution is -2.12. The number of halogens is 2. The predicted molar refractivity (Wildman–Crippen MR) is 99.9 cm³/mol. The molecule has 0 bridgehead atoms. The van der Waals surface area contributed by atoms with Crippen molar-refractivity contribution in [2.24, 2.45) is 0 Å². The van der Waals surface area contributed by atoms with Gasteiger partial charge in [-0.25, -0.2) is 9.37 Å². The SMILES string of the molecule is COc1cccc(NC(=O)c2ccnc(Nc3ccc(F)c(Cl)c3)c2)c1. The minimum atomic E-state index is -0.503. The lowest BCUT2D eigenvalue weighted by molar-refractivity contribution is 0.102. The standard InChI is InChI=1S/C19H15ClFN3O2/c1-26-15-4-2-3-13(10-15)24-19(25)12-7-8-22-18(9-12)23-14-5-6-17(21)16(20)11-14/h2-11H,1H3,(H,22,23)(H,24,25). The number of aromatic nitrogens is 1. The Hall–Kier alpha value is -3.12. The number of rotatable bonds is 5. The Labute approximate surface area is 154 Å². The van der Waals surface area contributed by atoms with E-state index in [1.165, 1.54) is 24.4 Å². The third-order valence-corrected chi connectivity index (χ3v) is 3.83. The first-order chi connectivity index (χ1) is 12.5. The van der Waals surface area contributed by atoms with Gasteiger partial charge in [-0.05, 0) is 42.5 Å². The molecule has 132 valence electrons. The van der Waals surface area contributed by atoms with Crippen LogP contribution in [-0.2, 0) is 0 Å². The lowest BCUT2D eigenvalue weighted by atomic mass is 10.2. The van der Waals surface area contributed by atoms with Crippen LogP contribution in [0.15, 0.2) is 60.8 Å². The van der Waals surface area contributed by atoms with Crippen molar-refractivity contribution in [3.8, 4) is 5.75 Å². The van der Waals surface area contributed by atoms with Gasteiger partial charge in [0.15, 0.2) is 0 Å². The van der Waals surface area contributed by atoms with Crippen LogP contribution in [0.5, 0.6) is 5.75 Å². The van der Waals surface area contributed by atoms with Crippen molar-refractivity contribution < 1.29 is 13.9 Å². The number of pyridine rings is 1. The number of carbonyl (C=O) groups excluding carboxylic acids is 1. The Kier molecular flexibility index (Phi) is 5.34. The van der Waals surface area contributed by atoms with E-state index in [1.807, 2.05) is 0 Å². The molecule has 0 radical (unpaired) electrons. The first kappa shape index (κ1) is 17.7. The Morgan fingerprint density at radius 3 is 2.73 bits per heavy atom. The Bertz CT molecular complexity index is 950. The third-order valence-electron chi connectivity index (χ3n) is 3.54. The van der Waals surface area contributed by atoms with E-state index in [2.05, 4.69) is 15.6 Å². The zero-order chi connectivity index (χ0) is 18.5. The summed E-state index contributed by atoms with van der Waals surface area (Å²) < 4.78 is 18.4. The molecule has 1 aromatic heterocycles. The molecule has 3 aromatic rings. The van der Waals surface area contributed by atoms with E-state index in [1.54, 1.807) is 43.5 Å². The molecule has 0 fully saturated rings. The van der Waals surface area contributed by atoms with E-state index in [0.717, 1.165) is 0 Å². The van der Waals surface area contributed by atoms with Crippen molar-refractivity contribution in [3.63, 3.8) is 0 Å². The molecule has 0 spiro atoms. The van der Waals surface area contributed by atoms with Gasteiger partial charge >= 0.3 is 0 Å². The minimum absolute atomic E-state index is 0.00178. The fraction of sp³-hybridized carbons (Fsp3) is 0.0526. The van der Waals surface area contributed by atoms with Crippen LogP contribution < -0.4 is 15.4 Å². The third kappa shape index (κ3) is 4.29. The number of anilines is 3. The summed E-state index contributed by atoms with van der Waals surface area (Å²) >= 11 is 5.77. The summed E-state index contributed by atoms with van der Waals surface area (Å²) in [5.74, 6) is 0.288. The molecule has 0 atom stereocenters. The van der Waals surface area contributed by atoms with Crippen molar-refractivity contribution in [1.82, 2.24) is 4.98 Å². The average Bonchev–Trinajstić information content (AvgIpc) is 2.65. The van der Waals surface area contributed by atoms with Crippen LogP contribution in [0, 0.1) is 5.82 Å². The van der Waals surface area contributed by atoms with Gasteiger partial charge in [-0.2, -0.15) is 0 Å². The second-order valence-corrected chi connectivity index (χ2v) is 5.78. The number of methoxy groups -OCH3 is 1. The van der Waals surface area contributed by atoms with E-state index in [0.29, 0.717) is 28.5 Å². The van der Waals surface area contributed by atoms with Crippen LogP contribution in [0.4, 0.5) is 21.6 Å². The Balaban J connectivity index is 1.75. The van der Waals surface area contributed by atoms with Crippen molar-refractivity contribution in [2.45, 2.75) is 0 Å². The molecule has 2 aromatic carbocycles. The zero-order valence-corrected chi connectivity index (χ0v) is 14.5. The van der Waals surface area contributed by atoms with Crippen LogP contribution in [0.25, 0.3) is 0 Å². The number of nitrogens with zero attached hydrogens (tertiary/aromatic N) is 1. The zero-order valence-electron chi connectivity index (χ0n) is 13.8. The predicted octanol–water partition coefficient (Wildman–Crippen LogP) is 4.88. The number of amides is 1. The summed E-state index contributed by atoms with van der Waals surface area (Å²) in [6.45, 7) is 0. The molecule has 5 nitrogen and oxygen atoms in total. The van der Waals surface area contributed by atoms with Crippen molar-refractivity contribution in [2.75, 3.05) is 17.7 Å². The molecule has 0 aliphatic rings. The molecule has 0 aliphatic heterocycles. The van der Waals surface area contributed by atoms with Crippen LogP contribution >= 0.6 is 11.6 Å². The van der Waals surface area contributed by atoms with E-state index in [4.69, 9.17) is 16.3 Å². The largest absolute Gasteiger partial charge is 0.497 e. The van der Waals surface area contributed by atoms with E-state index in [9.17, 15) is 9.18 Å². The number of nitrogens with one attached hydrogen (secondary N) is 2. The van der Waals surface area contributed by atoms with Gasteiger partial charge in [0.2, 0.25) is 0 Å². The average molecular weight is 372 g/mol. The quantitative estimate of drug-likeness (QED) is 0.671. The molecule has 1 amide bonds. The van der Waals surface area contributed by atoms with Crippen molar-refractivity contribution >= 4 is 34.7 Å². The normalized spacial score (nSPS) is 10.3. The summed E-state index contributed by atoms with van der Waals surface area (Å²) in [4.78, 5) is 16.6. The molecule has 2 N–H and O–H groups in total. The van der Waals surface area contributed by atoms with E-state index >= 15 is 0 Å². The summed E-state index contributed by atoms with van der Waals surface area (Å²) in [5, 5.41) is 5.78. The minimum Gasteiger partial charge on any atom is -0.497 e. The van der Waals surface area contributed by atoms with Gasteiger partial charge in [-0.15, -0.1) is 0 Å². The lowest BCUT2D eigenvalue weighted by Gasteiger charge is -2.09. The number of ether oxygens (including phenoxy) is 1. The molecule has 0 unspecified atom stereocenters.